The quantitative estimate of drug-likeness (QED) is 0.825. The molecule has 0 radical (unpaired) electrons. The Bertz CT molecular complexity index is 485. The Morgan fingerprint density at radius 1 is 1.42 bits per heavy atom. The summed E-state index contributed by atoms with van der Waals surface area (Å²) < 4.78 is 0. The van der Waals surface area contributed by atoms with Gasteiger partial charge in [0.25, 0.3) is 0 Å². The van der Waals surface area contributed by atoms with Gasteiger partial charge in [-0.15, -0.1) is 0 Å². The second-order valence-corrected chi connectivity index (χ2v) is 5.54. The summed E-state index contributed by atoms with van der Waals surface area (Å²) in [5, 5.41) is 7.13. The van der Waals surface area contributed by atoms with Crippen LogP contribution in [0.25, 0.3) is 0 Å². The number of piperidine rings is 1. The molecule has 0 bridgehead atoms. The van der Waals surface area contributed by atoms with E-state index in [0.717, 1.165) is 50.4 Å². The summed E-state index contributed by atoms with van der Waals surface area (Å²) in [7, 11) is 0. The Labute approximate surface area is 113 Å². The fraction of sp³-hybridized carbons (Fsp3) is 0.643. The number of hydrogen-bond donors (Lipinski definition) is 1. The molecule has 5 heteroatoms. The molecule has 1 aliphatic heterocycles. The van der Waals surface area contributed by atoms with Crippen LogP contribution >= 0.6 is 0 Å². The zero-order valence-corrected chi connectivity index (χ0v) is 11.3. The lowest BCUT2D eigenvalue weighted by Crippen LogP contribution is -2.42. The molecule has 2 aliphatic rings. The molecule has 102 valence electrons. The molecule has 1 aromatic heterocycles. The van der Waals surface area contributed by atoms with Crippen molar-refractivity contribution in [3.8, 4) is 0 Å². The fourth-order valence-corrected chi connectivity index (χ4v) is 3.01. The Hall–Kier alpha value is -1.65. The highest BCUT2D eigenvalue weighted by molar-refractivity contribution is 5.79. The third-order valence-corrected chi connectivity index (χ3v) is 4.07. The predicted molar refractivity (Wildman–Crippen MR) is 71.5 cm³/mol. The number of carbonyl (C=O) groups excluding carboxylic acids is 1. The summed E-state index contributed by atoms with van der Waals surface area (Å²) in [4.78, 5) is 18.8. The number of aromatic amines is 1. The molecule has 2 heterocycles. The lowest BCUT2D eigenvalue weighted by Gasteiger charge is -2.33. The number of carbonyl (C=O) groups is 1. The second kappa shape index (κ2) is 5.15. The fourth-order valence-electron chi connectivity index (χ4n) is 3.01. The van der Waals surface area contributed by atoms with E-state index < -0.39 is 0 Å². The number of nitrogens with zero attached hydrogens (tertiary/aromatic N) is 3. The molecule has 0 aromatic carbocycles. The number of aryl methyl sites for hydroxylation is 1. The van der Waals surface area contributed by atoms with Gasteiger partial charge in [0.05, 0.1) is 0 Å². The van der Waals surface area contributed by atoms with Gasteiger partial charge in [0.1, 0.15) is 5.82 Å². The first-order valence-electron chi connectivity index (χ1n) is 7.06. The van der Waals surface area contributed by atoms with Crippen molar-refractivity contribution >= 4 is 5.91 Å². The lowest BCUT2D eigenvalue weighted by molar-refractivity contribution is -0.136. The Morgan fingerprint density at radius 3 is 2.89 bits per heavy atom. The van der Waals surface area contributed by atoms with E-state index in [4.69, 9.17) is 0 Å². The maximum Gasteiger partial charge on any atom is 0.226 e. The summed E-state index contributed by atoms with van der Waals surface area (Å²) in [5.41, 5.74) is 0. The minimum atomic E-state index is 0.174. The third-order valence-electron chi connectivity index (χ3n) is 4.07. The monoisotopic (exact) mass is 260 g/mol. The van der Waals surface area contributed by atoms with Gasteiger partial charge in [-0.2, -0.15) is 5.10 Å². The van der Waals surface area contributed by atoms with Gasteiger partial charge in [0.2, 0.25) is 5.91 Å². The SMILES string of the molecule is Cc1nc([C@@H]2CCCN(C(=O)C3CC=CC3)C2)n[nH]1. The van der Waals surface area contributed by atoms with Crippen LogP contribution in [0.4, 0.5) is 0 Å². The van der Waals surface area contributed by atoms with Crippen molar-refractivity contribution in [2.45, 2.75) is 38.5 Å². The van der Waals surface area contributed by atoms with Gasteiger partial charge in [0.15, 0.2) is 5.82 Å². The number of aromatic nitrogens is 3. The summed E-state index contributed by atoms with van der Waals surface area (Å²) in [6.07, 6.45) is 8.15. The standard InChI is InChI=1S/C14H20N4O/c1-10-15-13(17-16-10)12-7-4-8-18(9-12)14(19)11-5-2-3-6-11/h2-3,11-12H,4-9H2,1H3,(H,15,16,17)/t12-/m1/s1. The van der Waals surface area contributed by atoms with Crippen LogP contribution in [0.2, 0.25) is 0 Å². The zero-order valence-electron chi connectivity index (χ0n) is 11.3. The maximum absolute atomic E-state index is 12.4. The molecule has 1 aromatic rings. The van der Waals surface area contributed by atoms with Crippen LogP contribution in [-0.2, 0) is 4.79 Å². The average Bonchev–Trinajstić information content (AvgIpc) is 3.09. The Balaban J connectivity index is 1.66. The minimum absolute atomic E-state index is 0.174. The smallest absolute Gasteiger partial charge is 0.226 e. The number of H-pyrrole nitrogens is 1. The van der Waals surface area contributed by atoms with Crippen molar-refractivity contribution in [3.63, 3.8) is 0 Å². The first-order valence-corrected chi connectivity index (χ1v) is 7.06. The Morgan fingerprint density at radius 2 is 2.21 bits per heavy atom. The van der Waals surface area contributed by atoms with E-state index in [1.165, 1.54) is 0 Å². The third kappa shape index (κ3) is 2.55. The highest BCUT2D eigenvalue weighted by Gasteiger charge is 2.30. The van der Waals surface area contributed by atoms with Crippen LogP contribution in [0.1, 0.15) is 43.3 Å². The molecule has 5 nitrogen and oxygen atoms in total. The van der Waals surface area contributed by atoms with E-state index in [9.17, 15) is 4.79 Å². The molecule has 1 amide bonds. The van der Waals surface area contributed by atoms with Gasteiger partial charge in [-0.1, -0.05) is 12.2 Å². The normalized spacial score (nSPS) is 24.1. The summed E-state index contributed by atoms with van der Waals surface area (Å²) >= 11 is 0. The Kier molecular flexibility index (Phi) is 3.36. The summed E-state index contributed by atoms with van der Waals surface area (Å²) in [6, 6.07) is 0. The van der Waals surface area contributed by atoms with Crippen LogP contribution in [0.5, 0.6) is 0 Å². The van der Waals surface area contributed by atoms with Crippen molar-refractivity contribution in [2.24, 2.45) is 5.92 Å². The molecule has 3 rings (SSSR count). The molecule has 0 spiro atoms. The zero-order chi connectivity index (χ0) is 13.2. The van der Waals surface area contributed by atoms with E-state index in [1.807, 2.05) is 11.8 Å². The largest absolute Gasteiger partial charge is 0.342 e. The van der Waals surface area contributed by atoms with Gasteiger partial charge in [-0.05, 0) is 32.6 Å². The average molecular weight is 260 g/mol. The van der Waals surface area contributed by atoms with Crippen LogP contribution in [0.3, 0.4) is 0 Å². The molecule has 1 fully saturated rings. The lowest BCUT2D eigenvalue weighted by atomic mass is 9.95. The van der Waals surface area contributed by atoms with Gasteiger partial charge < -0.3 is 4.90 Å². The van der Waals surface area contributed by atoms with Gasteiger partial charge in [-0.3, -0.25) is 9.89 Å². The van der Waals surface area contributed by atoms with Crippen molar-refractivity contribution < 1.29 is 4.79 Å². The maximum atomic E-state index is 12.4. The molecule has 0 saturated carbocycles. The molecule has 19 heavy (non-hydrogen) atoms. The van der Waals surface area contributed by atoms with E-state index in [1.54, 1.807) is 0 Å². The number of rotatable bonds is 2. The van der Waals surface area contributed by atoms with Crippen molar-refractivity contribution in [3.05, 3.63) is 23.8 Å². The van der Waals surface area contributed by atoms with Crippen LogP contribution in [0.15, 0.2) is 12.2 Å². The summed E-state index contributed by atoms with van der Waals surface area (Å²) in [5.74, 6) is 2.48. The molecule has 1 N–H and O–H groups in total. The van der Waals surface area contributed by atoms with Crippen LogP contribution in [-0.4, -0.2) is 39.1 Å². The highest BCUT2D eigenvalue weighted by Crippen LogP contribution is 2.28. The molecule has 1 atom stereocenters. The first-order chi connectivity index (χ1) is 9.24. The van der Waals surface area contributed by atoms with E-state index in [0.29, 0.717) is 5.91 Å². The minimum Gasteiger partial charge on any atom is -0.342 e. The van der Waals surface area contributed by atoms with Gasteiger partial charge >= 0.3 is 0 Å². The predicted octanol–water partition coefficient (Wildman–Crippen LogP) is 1.79. The van der Waals surface area contributed by atoms with E-state index >= 15 is 0 Å². The van der Waals surface area contributed by atoms with Gasteiger partial charge in [-0.25, -0.2) is 4.98 Å². The van der Waals surface area contributed by atoms with E-state index in [-0.39, 0.29) is 11.8 Å². The molecular weight excluding hydrogens is 240 g/mol. The number of amides is 1. The number of allylic oxidation sites excluding steroid dienone is 2. The molecule has 1 aliphatic carbocycles. The van der Waals surface area contributed by atoms with Crippen LogP contribution < -0.4 is 0 Å². The van der Waals surface area contributed by atoms with Crippen molar-refractivity contribution in [1.82, 2.24) is 20.1 Å². The summed E-state index contributed by atoms with van der Waals surface area (Å²) in [6.45, 7) is 3.56. The molecule has 0 unspecified atom stereocenters. The number of nitrogens with one attached hydrogen (secondary N) is 1. The molecular formula is C14H20N4O. The van der Waals surface area contributed by atoms with E-state index in [2.05, 4.69) is 27.3 Å². The second-order valence-electron chi connectivity index (χ2n) is 5.54. The van der Waals surface area contributed by atoms with Crippen LogP contribution in [0, 0.1) is 12.8 Å². The first kappa shape index (κ1) is 12.4. The van der Waals surface area contributed by atoms with Crippen molar-refractivity contribution in [1.29, 1.82) is 0 Å². The van der Waals surface area contributed by atoms with Crippen molar-refractivity contribution in [2.75, 3.05) is 13.1 Å². The topological polar surface area (TPSA) is 61.9 Å². The molecule has 1 saturated heterocycles. The highest BCUT2D eigenvalue weighted by atomic mass is 16.2. The van der Waals surface area contributed by atoms with Gasteiger partial charge in [0, 0.05) is 24.9 Å². The number of hydrogen-bond acceptors (Lipinski definition) is 3. The number of likely N-dealkylation sites (tertiary alicyclic amines) is 1.